The molecule has 0 saturated carbocycles. The van der Waals surface area contributed by atoms with Crippen LogP contribution in [0.2, 0.25) is 0 Å². The number of pyridine rings is 2. The van der Waals surface area contributed by atoms with Gasteiger partial charge in [0.2, 0.25) is 0 Å². The summed E-state index contributed by atoms with van der Waals surface area (Å²) in [5, 5.41) is 2.73. The number of rotatable bonds is 2. The molecule has 0 spiro atoms. The van der Waals surface area contributed by atoms with Crippen LogP contribution < -0.4 is 11.1 Å². The number of aromatic nitrogens is 2. The number of nitrogens with two attached hydrogens (primary N) is 1. The Bertz CT molecular complexity index is 554. The third-order valence-electron chi connectivity index (χ3n) is 2.30. The Hall–Kier alpha value is -2.43. The van der Waals surface area contributed by atoms with Gasteiger partial charge in [0.25, 0.3) is 5.91 Å². The van der Waals surface area contributed by atoms with Crippen LogP contribution in [0, 0.1) is 6.92 Å². The van der Waals surface area contributed by atoms with E-state index >= 15 is 0 Å². The number of carbonyl (C=O) groups is 1. The maximum absolute atomic E-state index is 11.9. The van der Waals surface area contributed by atoms with E-state index in [1.165, 1.54) is 12.3 Å². The van der Waals surface area contributed by atoms with Crippen molar-refractivity contribution in [3.63, 3.8) is 0 Å². The zero-order valence-electron chi connectivity index (χ0n) is 9.34. The average molecular weight is 228 g/mol. The van der Waals surface area contributed by atoms with E-state index in [9.17, 15) is 4.79 Å². The van der Waals surface area contributed by atoms with Gasteiger partial charge in [-0.1, -0.05) is 0 Å². The first-order valence-corrected chi connectivity index (χ1v) is 5.10. The molecule has 0 unspecified atom stereocenters. The Kier molecular flexibility index (Phi) is 3.00. The van der Waals surface area contributed by atoms with Gasteiger partial charge in [-0.25, -0.2) is 0 Å². The van der Waals surface area contributed by atoms with E-state index in [0.717, 1.165) is 5.56 Å². The summed E-state index contributed by atoms with van der Waals surface area (Å²) in [6, 6.07) is 4.98. The molecule has 0 saturated heterocycles. The van der Waals surface area contributed by atoms with Crippen LogP contribution in [0.5, 0.6) is 0 Å². The molecule has 2 aromatic rings. The zero-order valence-corrected chi connectivity index (χ0v) is 9.34. The van der Waals surface area contributed by atoms with Crippen molar-refractivity contribution >= 4 is 17.3 Å². The second kappa shape index (κ2) is 4.61. The summed E-state index contributed by atoms with van der Waals surface area (Å²) in [5.74, 6) is -0.298. The smallest absolute Gasteiger partial charge is 0.274 e. The molecule has 0 aromatic carbocycles. The van der Waals surface area contributed by atoms with Crippen LogP contribution >= 0.6 is 0 Å². The lowest BCUT2D eigenvalue weighted by atomic mass is 10.2. The second-order valence-electron chi connectivity index (χ2n) is 3.62. The van der Waals surface area contributed by atoms with Crippen molar-refractivity contribution in [1.29, 1.82) is 0 Å². The third-order valence-corrected chi connectivity index (χ3v) is 2.30. The lowest BCUT2D eigenvalue weighted by Gasteiger charge is -2.06. The molecule has 86 valence electrons. The summed E-state index contributed by atoms with van der Waals surface area (Å²) in [7, 11) is 0. The highest BCUT2D eigenvalue weighted by atomic mass is 16.1. The van der Waals surface area contributed by atoms with Crippen molar-refractivity contribution in [3.05, 3.63) is 48.0 Å². The summed E-state index contributed by atoms with van der Waals surface area (Å²) >= 11 is 0. The fraction of sp³-hybridized carbons (Fsp3) is 0.0833. The number of anilines is 2. The number of aryl methyl sites for hydroxylation is 1. The van der Waals surface area contributed by atoms with Crippen molar-refractivity contribution in [1.82, 2.24) is 9.97 Å². The first-order valence-electron chi connectivity index (χ1n) is 5.10. The quantitative estimate of drug-likeness (QED) is 0.818. The molecule has 0 bridgehead atoms. The molecule has 1 amide bonds. The monoisotopic (exact) mass is 228 g/mol. The van der Waals surface area contributed by atoms with Crippen molar-refractivity contribution in [2.75, 3.05) is 11.1 Å². The van der Waals surface area contributed by atoms with Crippen LogP contribution in [0.1, 0.15) is 16.1 Å². The van der Waals surface area contributed by atoms with E-state index in [-0.39, 0.29) is 11.6 Å². The van der Waals surface area contributed by atoms with Crippen molar-refractivity contribution in [2.45, 2.75) is 6.92 Å². The maximum Gasteiger partial charge on any atom is 0.274 e. The normalized spacial score (nSPS) is 9.94. The van der Waals surface area contributed by atoms with E-state index < -0.39 is 0 Å². The topological polar surface area (TPSA) is 80.9 Å². The summed E-state index contributed by atoms with van der Waals surface area (Å²) in [4.78, 5) is 19.8. The Morgan fingerprint density at radius 1 is 1.35 bits per heavy atom. The highest BCUT2D eigenvalue weighted by molar-refractivity contribution is 6.03. The largest absolute Gasteiger partial charge is 0.399 e. The molecule has 2 heterocycles. The third kappa shape index (κ3) is 2.57. The van der Waals surface area contributed by atoms with Gasteiger partial charge in [0.1, 0.15) is 5.69 Å². The number of nitrogen functional groups attached to an aromatic ring is 1. The van der Waals surface area contributed by atoms with Crippen LogP contribution in [0.15, 0.2) is 36.8 Å². The van der Waals surface area contributed by atoms with Crippen molar-refractivity contribution in [2.24, 2.45) is 0 Å². The molecule has 5 nitrogen and oxygen atoms in total. The summed E-state index contributed by atoms with van der Waals surface area (Å²) in [6.45, 7) is 1.89. The lowest BCUT2D eigenvalue weighted by molar-refractivity contribution is 0.102. The van der Waals surface area contributed by atoms with Crippen LogP contribution in [0.4, 0.5) is 11.4 Å². The van der Waals surface area contributed by atoms with Gasteiger partial charge in [-0.2, -0.15) is 0 Å². The number of nitrogens with one attached hydrogen (secondary N) is 1. The van der Waals surface area contributed by atoms with E-state index in [2.05, 4.69) is 15.3 Å². The van der Waals surface area contributed by atoms with Gasteiger partial charge < -0.3 is 11.1 Å². The lowest BCUT2D eigenvalue weighted by Crippen LogP contribution is -2.14. The minimum Gasteiger partial charge on any atom is -0.399 e. The van der Waals surface area contributed by atoms with Gasteiger partial charge in [0, 0.05) is 18.1 Å². The Morgan fingerprint density at radius 2 is 2.18 bits per heavy atom. The summed E-state index contributed by atoms with van der Waals surface area (Å²) in [6.07, 6.45) is 4.77. The molecule has 0 aliphatic rings. The summed E-state index contributed by atoms with van der Waals surface area (Å²) < 4.78 is 0. The van der Waals surface area contributed by atoms with Crippen LogP contribution in [0.25, 0.3) is 0 Å². The van der Waals surface area contributed by atoms with Crippen molar-refractivity contribution < 1.29 is 4.79 Å². The number of nitrogens with zero attached hydrogens (tertiary/aromatic N) is 2. The minimum absolute atomic E-state index is 0.285. The molecular weight excluding hydrogens is 216 g/mol. The van der Waals surface area contributed by atoms with Crippen LogP contribution in [-0.4, -0.2) is 15.9 Å². The Morgan fingerprint density at radius 3 is 2.88 bits per heavy atom. The first-order chi connectivity index (χ1) is 8.16. The molecule has 0 atom stereocenters. The van der Waals surface area contributed by atoms with Gasteiger partial charge in [-0.15, -0.1) is 0 Å². The Labute approximate surface area is 98.7 Å². The molecule has 0 aliphatic heterocycles. The molecule has 0 aliphatic carbocycles. The van der Waals surface area contributed by atoms with E-state index in [1.54, 1.807) is 18.5 Å². The number of hydrogen-bond acceptors (Lipinski definition) is 4. The van der Waals surface area contributed by atoms with Crippen molar-refractivity contribution in [3.8, 4) is 0 Å². The second-order valence-corrected chi connectivity index (χ2v) is 3.62. The fourth-order valence-corrected chi connectivity index (χ4v) is 1.35. The predicted molar refractivity (Wildman–Crippen MR) is 65.6 cm³/mol. The predicted octanol–water partition coefficient (Wildman–Crippen LogP) is 1.62. The molecule has 0 radical (unpaired) electrons. The maximum atomic E-state index is 11.9. The Balaban J connectivity index is 2.20. The van der Waals surface area contributed by atoms with Gasteiger partial charge in [-0.3, -0.25) is 14.8 Å². The molecule has 2 aromatic heterocycles. The number of carbonyl (C=O) groups excluding carboxylic acids is 1. The molecule has 2 rings (SSSR count). The van der Waals surface area contributed by atoms with Crippen LogP contribution in [0.3, 0.4) is 0 Å². The van der Waals surface area contributed by atoms with Gasteiger partial charge in [-0.05, 0) is 30.7 Å². The highest BCUT2D eigenvalue weighted by Crippen LogP contribution is 2.13. The average Bonchev–Trinajstić information content (AvgIpc) is 2.32. The van der Waals surface area contributed by atoms with E-state index in [0.29, 0.717) is 11.4 Å². The van der Waals surface area contributed by atoms with Gasteiger partial charge >= 0.3 is 0 Å². The SMILES string of the molecule is Cc1ccncc1NC(=O)c1cc(N)ccn1. The zero-order chi connectivity index (χ0) is 12.3. The molecule has 17 heavy (non-hydrogen) atoms. The molecule has 5 heteroatoms. The molecular formula is C12H12N4O. The number of hydrogen-bond donors (Lipinski definition) is 2. The molecule has 3 N–H and O–H groups in total. The number of amides is 1. The fourth-order valence-electron chi connectivity index (χ4n) is 1.35. The van der Waals surface area contributed by atoms with Crippen LogP contribution in [-0.2, 0) is 0 Å². The van der Waals surface area contributed by atoms with E-state index in [1.807, 2.05) is 13.0 Å². The van der Waals surface area contributed by atoms with E-state index in [4.69, 9.17) is 5.73 Å². The van der Waals surface area contributed by atoms with Gasteiger partial charge in [0.05, 0.1) is 11.9 Å². The van der Waals surface area contributed by atoms with Gasteiger partial charge in [0.15, 0.2) is 0 Å². The standard InChI is InChI=1S/C12H12N4O/c1-8-2-4-14-7-11(8)16-12(17)10-6-9(13)3-5-15-10/h2-7H,1H3,(H2,13,15)(H,16,17). The highest BCUT2D eigenvalue weighted by Gasteiger charge is 2.08. The summed E-state index contributed by atoms with van der Waals surface area (Å²) in [5.41, 5.74) is 7.99. The first kappa shape index (κ1) is 11.1. The minimum atomic E-state index is -0.298. The molecule has 0 fully saturated rings.